The molecular formula is C12H17FN2. The zero-order chi connectivity index (χ0) is 10.8. The molecule has 1 heterocycles. The van der Waals surface area contributed by atoms with E-state index in [4.69, 9.17) is 0 Å². The van der Waals surface area contributed by atoms with Gasteiger partial charge in [0.15, 0.2) is 0 Å². The van der Waals surface area contributed by atoms with E-state index in [0.29, 0.717) is 6.04 Å². The zero-order valence-electron chi connectivity index (χ0n) is 9.26. The minimum Gasteiger partial charge on any atom is -0.366 e. The van der Waals surface area contributed by atoms with Gasteiger partial charge in [-0.3, -0.25) is 0 Å². The molecule has 1 atom stereocenters. The maximum Gasteiger partial charge on any atom is 0.123 e. The molecule has 1 aliphatic rings. The van der Waals surface area contributed by atoms with Gasteiger partial charge in [-0.15, -0.1) is 0 Å². The summed E-state index contributed by atoms with van der Waals surface area (Å²) in [5, 5.41) is 3.35. The summed E-state index contributed by atoms with van der Waals surface area (Å²) >= 11 is 0. The van der Waals surface area contributed by atoms with Gasteiger partial charge in [-0.05, 0) is 37.6 Å². The van der Waals surface area contributed by atoms with Crippen LogP contribution in [0.15, 0.2) is 18.2 Å². The molecule has 0 aromatic heterocycles. The van der Waals surface area contributed by atoms with E-state index in [1.165, 1.54) is 6.07 Å². The number of anilines is 1. The van der Waals surface area contributed by atoms with Crippen molar-refractivity contribution >= 4 is 5.69 Å². The molecule has 15 heavy (non-hydrogen) atoms. The summed E-state index contributed by atoms with van der Waals surface area (Å²) in [6, 6.07) is 5.50. The Morgan fingerprint density at radius 2 is 2.27 bits per heavy atom. The Labute approximate surface area is 90.1 Å². The Morgan fingerprint density at radius 3 is 2.93 bits per heavy atom. The summed E-state index contributed by atoms with van der Waals surface area (Å²) in [6.07, 6.45) is 0. The van der Waals surface area contributed by atoms with E-state index in [1.807, 2.05) is 13.0 Å². The second-order valence-corrected chi connectivity index (χ2v) is 4.18. The first kappa shape index (κ1) is 10.4. The second-order valence-electron chi connectivity index (χ2n) is 4.18. The Kier molecular flexibility index (Phi) is 2.91. The molecule has 1 N–H and O–H groups in total. The molecular weight excluding hydrogens is 191 g/mol. The Morgan fingerprint density at radius 1 is 1.47 bits per heavy atom. The van der Waals surface area contributed by atoms with E-state index >= 15 is 0 Å². The molecule has 1 aromatic carbocycles. The van der Waals surface area contributed by atoms with Crippen LogP contribution in [0, 0.1) is 12.7 Å². The average molecular weight is 208 g/mol. The van der Waals surface area contributed by atoms with Crippen molar-refractivity contribution in [2.45, 2.75) is 19.9 Å². The van der Waals surface area contributed by atoms with Crippen molar-refractivity contribution < 1.29 is 4.39 Å². The largest absolute Gasteiger partial charge is 0.366 e. The molecule has 1 aliphatic heterocycles. The molecule has 3 heteroatoms. The summed E-state index contributed by atoms with van der Waals surface area (Å²) in [7, 11) is 0. The van der Waals surface area contributed by atoms with Gasteiger partial charge in [-0.25, -0.2) is 4.39 Å². The fraction of sp³-hybridized carbons (Fsp3) is 0.500. The van der Waals surface area contributed by atoms with Crippen molar-refractivity contribution in [2.75, 3.05) is 24.5 Å². The van der Waals surface area contributed by atoms with Crippen LogP contribution in [0.3, 0.4) is 0 Å². The number of halogens is 1. The van der Waals surface area contributed by atoms with E-state index in [0.717, 1.165) is 30.9 Å². The summed E-state index contributed by atoms with van der Waals surface area (Å²) in [6.45, 7) is 7.15. The molecule has 0 spiro atoms. The van der Waals surface area contributed by atoms with E-state index in [1.54, 1.807) is 6.07 Å². The predicted molar refractivity (Wildman–Crippen MR) is 60.8 cm³/mol. The van der Waals surface area contributed by atoms with Crippen LogP contribution in [0.1, 0.15) is 12.5 Å². The summed E-state index contributed by atoms with van der Waals surface area (Å²) in [5.74, 6) is -0.154. The lowest BCUT2D eigenvalue weighted by molar-refractivity contribution is 0.499. The SMILES string of the molecule is Cc1cc(F)ccc1N1CCNC[C@@H]1C. The van der Waals surface area contributed by atoms with Crippen molar-refractivity contribution in [2.24, 2.45) is 0 Å². The lowest BCUT2D eigenvalue weighted by atomic mass is 10.1. The van der Waals surface area contributed by atoms with Crippen molar-refractivity contribution in [3.05, 3.63) is 29.6 Å². The molecule has 1 saturated heterocycles. The fourth-order valence-electron chi connectivity index (χ4n) is 2.14. The number of nitrogens with one attached hydrogen (secondary N) is 1. The highest BCUT2D eigenvalue weighted by atomic mass is 19.1. The molecule has 2 nitrogen and oxygen atoms in total. The quantitative estimate of drug-likeness (QED) is 0.758. The molecule has 0 bridgehead atoms. The van der Waals surface area contributed by atoms with E-state index < -0.39 is 0 Å². The normalized spacial score (nSPS) is 21.8. The molecule has 82 valence electrons. The first-order valence-electron chi connectivity index (χ1n) is 5.42. The summed E-state index contributed by atoms with van der Waals surface area (Å²) < 4.78 is 13.0. The first-order valence-corrected chi connectivity index (χ1v) is 5.42. The second kappa shape index (κ2) is 4.19. The van der Waals surface area contributed by atoms with E-state index in [9.17, 15) is 4.39 Å². The van der Waals surface area contributed by atoms with Crippen LogP contribution in [0.5, 0.6) is 0 Å². The number of nitrogens with zero attached hydrogens (tertiary/aromatic N) is 1. The van der Waals surface area contributed by atoms with Crippen LogP contribution in [-0.2, 0) is 0 Å². The van der Waals surface area contributed by atoms with Crippen molar-refractivity contribution in [1.82, 2.24) is 5.32 Å². The van der Waals surface area contributed by atoms with Gasteiger partial charge in [0, 0.05) is 31.4 Å². The number of piperazine rings is 1. The number of benzene rings is 1. The Bertz CT molecular complexity index is 351. The average Bonchev–Trinajstić information content (AvgIpc) is 2.20. The monoisotopic (exact) mass is 208 g/mol. The highest BCUT2D eigenvalue weighted by molar-refractivity contribution is 5.54. The topological polar surface area (TPSA) is 15.3 Å². The standard InChI is InChI=1S/C12H17FN2/c1-9-7-11(13)3-4-12(9)15-6-5-14-8-10(15)2/h3-4,7,10,14H,5-6,8H2,1-2H3/t10-/m0/s1. The van der Waals surface area contributed by atoms with Crippen LogP contribution in [-0.4, -0.2) is 25.7 Å². The summed E-state index contributed by atoms with van der Waals surface area (Å²) in [5.41, 5.74) is 2.18. The maximum absolute atomic E-state index is 13.0. The van der Waals surface area contributed by atoms with Gasteiger partial charge >= 0.3 is 0 Å². The maximum atomic E-state index is 13.0. The van der Waals surface area contributed by atoms with Crippen LogP contribution in [0.2, 0.25) is 0 Å². The molecule has 0 unspecified atom stereocenters. The molecule has 0 aliphatic carbocycles. The molecule has 0 radical (unpaired) electrons. The minimum atomic E-state index is -0.154. The van der Waals surface area contributed by atoms with Gasteiger partial charge in [0.1, 0.15) is 5.82 Å². The van der Waals surface area contributed by atoms with E-state index in [-0.39, 0.29) is 5.82 Å². The van der Waals surface area contributed by atoms with Gasteiger partial charge in [0.25, 0.3) is 0 Å². The first-order chi connectivity index (χ1) is 7.18. The smallest absolute Gasteiger partial charge is 0.123 e. The lowest BCUT2D eigenvalue weighted by Crippen LogP contribution is -2.50. The fourth-order valence-corrected chi connectivity index (χ4v) is 2.14. The zero-order valence-corrected chi connectivity index (χ0v) is 9.26. The molecule has 1 fully saturated rings. The van der Waals surface area contributed by atoms with Gasteiger partial charge in [0.2, 0.25) is 0 Å². The van der Waals surface area contributed by atoms with Gasteiger partial charge in [-0.2, -0.15) is 0 Å². The number of hydrogen-bond acceptors (Lipinski definition) is 2. The lowest BCUT2D eigenvalue weighted by Gasteiger charge is -2.36. The molecule has 0 saturated carbocycles. The third-order valence-electron chi connectivity index (χ3n) is 2.97. The van der Waals surface area contributed by atoms with Crippen molar-refractivity contribution in [3.63, 3.8) is 0 Å². The minimum absolute atomic E-state index is 0.154. The number of rotatable bonds is 1. The Hall–Kier alpha value is -1.09. The predicted octanol–water partition coefficient (Wildman–Crippen LogP) is 1.93. The van der Waals surface area contributed by atoms with Gasteiger partial charge in [0.05, 0.1) is 0 Å². The molecule has 0 amide bonds. The van der Waals surface area contributed by atoms with Crippen LogP contribution in [0.4, 0.5) is 10.1 Å². The number of aryl methyl sites for hydroxylation is 1. The van der Waals surface area contributed by atoms with Crippen molar-refractivity contribution in [1.29, 1.82) is 0 Å². The van der Waals surface area contributed by atoms with Gasteiger partial charge < -0.3 is 10.2 Å². The summed E-state index contributed by atoms with van der Waals surface area (Å²) in [4.78, 5) is 2.34. The van der Waals surface area contributed by atoms with Crippen LogP contribution < -0.4 is 10.2 Å². The third kappa shape index (κ3) is 2.12. The highest BCUT2D eigenvalue weighted by Gasteiger charge is 2.19. The van der Waals surface area contributed by atoms with Crippen molar-refractivity contribution in [3.8, 4) is 0 Å². The molecule has 1 aromatic rings. The third-order valence-corrected chi connectivity index (χ3v) is 2.97. The highest BCUT2D eigenvalue weighted by Crippen LogP contribution is 2.23. The van der Waals surface area contributed by atoms with Crippen LogP contribution >= 0.6 is 0 Å². The van der Waals surface area contributed by atoms with Gasteiger partial charge in [-0.1, -0.05) is 0 Å². The van der Waals surface area contributed by atoms with E-state index in [2.05, 4.69) is 17.1 Å². The molecule has 2 rings (SSSR count). The van der Waals surface area contributed by atoms with Crippen LogP contribution in [0.25, 0.3) is 0 Å². The Balaban J connectivity index is 2.27. The number of hydrogen-bond donors (Lipinski definition) is 1.